The predicted octanol–water partition coefficient (Wildman–Crippen LogP) is 4.55. The van der Waals surface area contributed by atoms with E-state index in [2.05, 4.69) is 36.4 Å². The summed E-state index contributed by atoms with van der Waals surface area (Å²) in [6, 6.07) is 7.88. The quantitative estimate of drug-likeness (QED) is 0.730. The van der Waals surface area contributed by atoms with E-state index in [4.69, 9.17) is 0 Å². The zero-order chi connectivity index (χ0) is 15.9. The maximum atomic E-state index is 12.3. The Labute approximate surface area is 160 Å². The van der Waals surface area contributed by atoms with Crippen LogP contribution in [-0.4, -0.2) is 17.4 Å². The molecule has 0 spiro atoms. The van der Waals surface area contributed by atoms with Crippen LogP contribution in [0.4, 0.5) is 5.69 Å². The lowest BCUT2D eigenvalue weighted by molar-refractivity contribution is 0.102. The number of nitrogens with one attached hydrogen (secondary N) is 2. The topological polar surface area (TPSA) is 54.0 Å². The highest BCUT2D eigenvalue weighted by atomic mass is 35.5. The molecular weight excluding hydrogens is 365 g/mol. The average molecular weight is 390 g/mol. The van der Waals surface area contributed by atoms with E-state index in [1.807, 2.05) is 29.6 Å². The molecule has 4 nitrogen and oxygen atoms in total. The minimum absolute atomic E-state index is 0. The van der Waals surface area contributed by atoms with Crippen LogP contribution in [0.1, 0.15) is 41.8 Å². The highest BCUT2D eigenvalue weighted by Gasteiger charge is 2.12. The minimum Gasteiger partial charge on any atom is -0.321 e. The molecule has 0 saturated heterocycles. The molecule has 1 aromatic heterocycles. The summed E-state index contributed by atoms with van der Waals surface area (Å²) in [5, 5.41) is 9.04. The van der Waals surface area contributed by atoms with Crippen LogP contribution in [0.5, 0.6) is 0 Å². The number of nitrogens with zero attached hydrogens (tertiary/aromatic N) is 1. The lowest BCUT2D eigenvalue weighted by atomic mass is 10.1. The number of aromatic nitrogens is 1. The molecule has 0 radical (unpaired) electrons. The van der Waals surface area contributed by atoms with Gasteiger partial charge >= 0.3 is 0 Å². The van der Waals surface area contributed by atoms with Crippen LogP contribution >= 0.6 is 36.2 Å². The Morgan fingerprint density at radius 2 is 2.04 bits per heavy atom. The summed E-state index contributed by atoms with van der Waals surface area (Å²) in [7, 11) is 0. The first-order chi connectivity index (χ1) is 10.6. The largest absolute Gasteiger partial charge is 0.321 e. The molecule has 24 heavy (non-hydrogen) atoms. The molecule has 0 unspecified atom stereocenters. The van der Waals surface area contributed by atoms with E-state index in [0.717, 1.165) is 35.8 Å². The molecule has 0 saturated carbocycles. The van der Waals surface area contributed by atoms with Crippen molar-refractivity contribution in [2.24, 2.45) is 5.92 Å². The van der Waals surface area contributed by atoms with Crippen molar-refractivity contribution in [2.45, 2.75) is 33.7 Å². The number of benzene rings is 1. The summed E-state index contributed by atoms with van der Waals surface area (Å²) in [4.78, 5) is 16.7. The minimum atomic E-state index is -0.146. The number of carbonyl (C=O) groups excluding carboxylic acids is 1. The number of amides is 1. The first-order valence-corrected chi connectivity index (χ1v) is 8.52. The number of halogens is 2. The molecular formula is C17H25Cl2N3OS. The van der Waals surface area contributed by atoms with Gasteiger partial charge in [-0.1, -0.05) is 32.9 Å². The standard InChI is InChI=1S/C17H23N3OS.2ClH/c1-4-18-10-13-6-5-7-14(9-13)19-17(21)15-11-22-16(20-15)8-12(2)3;;/h5-7,9,11-12,18H,4,8,10H2,1-3H3,(H,19,21);2*1H. The van der Waals surface area contributed by atoms with Gasteiger partial charge in [0.15, 0.2) is 0 Å². The van der Waals surface area contributed by atoms with Crippen molar-refractivity contribution < 1.29 is 4.79 Å². The number of carbonyl (C=O) groups is 1. The van der Waals surface area contributed by atoms with Gasteiger partial charge in [0.2, 0.25) is 0 Å². The Hall–Kier alpha value is -1.14. The Morgan fingerprint density at radius 1 is 1.29 bits per heavy atom. The second-order valence-electron chi connectivity index (χ2n) is 5.66. The number of anilines is 1. The van der Waals surface area contributed by atoms with Crippen LogP contribution in [0.15, 0.2) is 29.6 Å². The molecule has 0 fully saturated rings. The van der Waals surface area contributed by atoms with E-state index >= 15 is 0 Å². The Morgan fingerprint density at radius 3 is 2.71 bits per heavy atom. The van der Waals surface area contributed by atoms with E-state index in [1.54, 1.807) is 11.3 Å². The molecule has 2 rings (SSSR count). The fourth-order valence-electron chi connectivity index (χ4n) is 2.08. The lowest BCUT2D eigenvalue weighted by Crippen LogP contribution is -2.14. The molecule has 1 aromatic carbocycles. The number of hydrogen-bond acceptors (Lipinski definition) is 4. The van der Waals surface area contributed by atoms with E-state index in [-0.39, 0.29) is 30.7 Å². The van der Waals surface area contributed by atoms with E-state index in [9.17, 15) is 4.79 Å². The van der Waals surface area contributed by atoms with Gasteiger partial charge in [-0.3, -0.25) is 4.79 Å². The van der Waals surface area contributed by atoms with E-state index < -0.39 is 0 Å². The zero-order valence-electron chi connectivity index (χ0n) is 14.2. The molecule has 0 aliphatic carbocycles. The molecule has 7 heteroatoms. The van der Waals surface area contributed by atoms with Gasteiger partial charge in [0.1, 0.15) is 5.69 Å². The third-order valence-electron chi connectivity index (χ3n) is 3.13. The zero-order valence-corrected chi connectivity index (χ0v) is 16.6. The number of rotatable bonds is 7. The van der Waals surface area contributed by atoms with Gasteiger partial charge < -0.3 is 10.6 Å². The van der Waals surface area contributed by atoms with Gasteiger partial charge in [0.05, 0.1) is 5.01 Å². The Bertz CT molecular complexity index is 632. The van der Waals surface area contributed by atoms with Crippen molar-refractivity contribution in [3.8, 4) is 0 Å². The molecule has 0 aliphatic heterocycles. The van der Waals surface area contributed by atoms with Crippen LogP contribution in [0.3, 0.4) is 0 Å². The van der Waals surface area contributed by atoms with Crippen LogP contribution < -0.4 is 10.6 Å². The van der Waals surface area contributed by atoms with Gasteiger partial charge in [-0.05, 0) is 30.2 Å². The molecule has 0 atom stereocenters. The van der Waals surface area contributed by atoms with Crippen LogP contribution in [-0.2, 0) is 13.0 Å². The molecule has 2 aromatic rings. The summed E-state index contributed by atoms with van der Waals surface area (Å²) in [6.45, 7) is 8.10. The van der Waals surface area contributed by atoms with Gasteiger partial charge in [0.25, 0.3) is 5.91 Å². The molecule has 0 aliphatic rings. The van der Waals surface area contributed by atoms with Gasteiger partial charge in [-0.15, -0.1) is 36.2 Å². The van der Waals surface area contributed by atoms with Crippen LogP contribution in [0.25, 0.3) is 0 Å². The van der Waals surface area contributed by atoms with Gasteiger partial charge in [0, 0.05) is 24.0 Å². The van der Waals surface area contributed by atoms with Crippen molar-refractivity contribution >= 4 is 47.7 Å². The molecule has 1 heterocycles. The molecule has 2 N–H and O–H groups in total. The third-order valence-corrected chi connectivity index (χ3v) is 4.00. The van der Waals surface area contributed by atoms with E-state index in [0.29, 0.717) is 11.6 Å². The molecule has 0 bridgehead atoms. The van der Waals surface area contributed by atoms with Crippen LogP contribution in [0.2, 0.25) is 0 Å². The third kappa shape index (κ3) is 7.18. The number of hydrogen-bond donors (Lipinski definition) is 2. The highest BCUT2D eigenvalue weighted by Crippen LogP contribution is 2.16. The Balaban J connectivity index is 0.00000264. The predicted molar refractivity (Wildman–Crippen MR) is 107 cm³/mol. The first-order valence-electron chi connectivity index (χ1n) is 7.64. The van der Waals surface area contributed by atoms with Crippen molar-refractivity contribution in [3.63, 3.8) is 0 Å². The van der Waals surface area contributed by atoms with Crippen molar-refractivity contribution in [1.82, 2.24) is 10.3 Å². The van der Waals surface area contributed by atoms with Crippen molar-refractivity contribution in [1.29, 1.82) is 0 Å². The van der Waals surface area contributed by atoms with Crippen molar-refractivity contribution in [3.05, 3.63) is 45.9 Å². The summed E-state index contributed by atoms with van der Waals surface area (Å²) >= 11 is 1.55. The summed E-state index contributed by atoms with van der Waals surface area (Å²) < 4.78 is 0. The fourth-order valence-corrected chi connectivity index (χ4v) is 3.07. The van der Waals surface area contributed by atoms with E-state index in [1.165, 1.54) is 0 Å². The highest BCUT2D eigenvalue weighted by molar-refractivity contribution is 7.09. The Kier molecular flexibility index (Phi) is 10.9. The second kappa shape index (κ2) is 11.4. The van der Waals surface area contributed by atoms with Gasteiger partial charge in [-0.2, -0.15) is 0 Å². The molecule has 134 valence electrons. The maximum Gasteiger partial charge on any atom is 0.275 e. The normalized spacial score (nSPS) is 10.0. The monoisotopic (exact) mass is 389 g/mol. The van der Waals surface area contributed by atoms with Gasteiger partial charge in [-0.25, -0.2) is 4.98 Å². The fraction of sp³-hybridized carbons (Fsp3) is 0.412. The molecule has 1 amide bonds. The number of thiazole rings is 1. The van der Waals surface area contributed by atoms with Crippen molar-refractivity contribution in [2.75, 3.05) is 11.9 Å². The summed E-state index contributed by atoms with van der Waals surface area (Å²) in [5.74, 6) is 0.400. The smallest absolute Gasteiger partial charge is 0.275 e. The maximum absolute atomic E-state index is 12.3. The second-order valence-corrected chi connectivity index (χ2v) is 6.60. The lowest BCUT2D eigenvalue weighted by Gasteiger charge is -2.07. The van der Waals surface area contributed by atoms with Crippen LogP contribution in [0, 0.1) is 5.92 Å². The SMILES string of the molecule is CCNCc1cccc(NC(=O)c2csc(CC(C)C)n2)c1.Cl.Cl. The summed E-state index contributed by atoms with van der Waals surface area (Å²) in [5.41, 5.74) is 2.45. The average Bonchev–Trinajstić information content (AvgIpc) is 2.93. The summed E-state index contributed by atoms with van der Waals surface area (Å²) in [6.07, 6.45) is 0.913. The first kappa shape index (κ1) is 22.9.